The van der Waals surface area contributed by atoms with Crippen LogP contribution in [0.4, 0.5) is 0 Å². The molecule has 1 aromatic carbocycles. The molecule has 2 aromatic heterocycles. The van der Waals surface area contributed by atoms with Gasteiger partial charge in [-0.05, 0) is 45.5 Å². The van der Waals surface area contributed by atoms with E-state index in [-0.39, 0.29) is 31.6 Å². The van der Waals surface area contributed by atoms with Crippen LogP contribution in [0.2, 0.25) is 0 Å². The second kappa shape index (κ2) is 9.62. The number of thiophene rings is 1. The van der Waals surface area contributed by atoms with Crippen LogP contribution in [0.3, 0.4) is 0 Å². The summed E-state index contributed by atoms with van der Waals surface area (Å²) in [5.41, 5.74) is 4.63. The molecule has 3 rings (SSSR count). The monoisotopic (exact) mass is 531 g/mol. The fourth-order valence-electron chi connectivity index (χ4n) is 2.30. The first-order valence-corrected chi connectivity index (χ1v) is 8.46. The van der Waals surface area contributed by atoms with Crippen LogP contribution in [0.25, 0.3) is 21.5 Å². The summed E-state index contributed by atoms with van der Waals surface area (Å²) in [6.07, 6.45) is 1.17. The number of rotatable bonds is 2. The number of benzene rings is 1. The van der Waals surface area contributed by atoms with E-state index in [4.69, 9.17) is 10.1 Å². The molecule has 0 fully saturated rings. The molecule has 0 aliphatic carbocycles. The summed E-state index contributed by atoms with van der Waals surface area (Å²) in [7, 11) is 0. The Balaban J connectivity index is 0.000000339. The summed E-state index contributed by atoms with van der Waals surface area (Å²) in [5.74, 6) is -0.0625. The SMILES string of the molecule is CC(=O)/C=C(/C)O.Cc1ccc2nc(-c3[c-]ccs3)cc(C)c2c1.[Ir]. The summed E-state index contributed by atoms with van der Waals surface area (Å²) in [6.45, 7) is 7.10. The number of carbonyl (C=O) groups is 1. The minimum absolute atomic E-state index is 0. The van der Waals surface area contributed by atoms with E-state index < -0.39 is 0 Å². The van der Waals surface area contributed by atoms with Gasteiger partial charge in [0, 0.05) is 31.6 Å². The average Bonchev–Trinajstić information content (AvgIpc) is 3.01. The van der Waals surface area contributed by atoms with Crippen LogP contribution in [0, 0.1) is 19.9 Å². The zero-order valence-corrected chi connectivity index (χ0v) is 17.8. The van der Waals surface area contributed by atoms with E-state index in [1.165, 1.54) is 36.4 Å². The predicted molar refractivity (Wildman–Crippen MR) is 100 cm³/mol. The van der Waals surface area contributed by atoms with Gasteiger partial charge in [0.15, 0.2) is 5.78 Å². The number of ketones is 1. The van der Waals surface area contributed by atoms with Crippen molar-refractivity contribution in [2.24, 2.45) is 0 Å². The molecule has 5 heteroatoms. The minimum atomic E-state index is -0.125. The number of aliphatic hydroxyl groups excluding tert-OH is 1. The molecule has 0 bridgehead atoms. The van der Waals surface area contributed by atoms with E-state index in [0.29, 0.717) is 0 Å². The molecular weight excluding hydrogens is 511 g/mol. The van der Waals surface area contributed by atoms with Gasteiger partial charge in [-0.3, -0.25) is 4.79 Å². The molecule has 3 aromatic rings. The van der Waals surface area contributed by atoms with Gasteiger partial charge >= 0.3 is 0 Å². The zero-order valence-electron chi connectivity index (χ0n) is 14.6. The molecule has 2 heterocycles. The molecular formula is C20H20IrNO2S-. The number of nitrogens with zero attached hydrogens (tertiary/aromatic N) is 1. The van der Waals surface area contributed by atoms with E-state index in [9.17, 15) is 4.79 Å². The van der Waals surface area contributed by atoms with Crippen LogP contribution in [-0.4, -0.2) is 15.9 Å². The van der Waals surface area contributed by atoms with E-state index in [1.807, 2.05) is 11.4 Å². The Hall–Kier alpha value is -1.81. The topological polar surface area (TPSA) is 50.2 Å². The van der Waals surface area contributed by atoms with Crippen LogP contribution >= 0.6 is 11.3 Å². The second-order valence-corrected chi connectivity index (χ2v) is 6.55. The Kier molecular flexibility index (Phi) is 8.17. The third-order valence-corrected chi connectivity index (χ3v) is 4.12. The van der Waals surface area contributed by atoms with Crippen molar-refractivity contribution in [1.82, 2.24) is 4.98 Å². The molecule has 0 atom stereocenters. The molecule has 0 saturated carbocycles. The van der Waals surface area contributed by atoms with E-state index in [1.54, 1.807) is 11.3 Å². The molecule has 3 nitrogen and oxygen atoms in total. The van der Waals surface area contributed by atoms with Crippen molar-refractivity contribution in [3.8, 4) is 10.6 Å². The van der Waals surface area contributed by atoms with E-state index in [2.05, 4.69) is 44.2 Å². The number of hydrogen-bond acceptors (Lipinski definition) is 4. The summed E-state index contributed by atoms with van der Waals surface area (Å²) in [4.78, 5) is 15.8. The van der Waals surface area contributed by atoms with Crippen LogP contribution in [0.15, 0.2) is 47.5 Å². The predicted octanol–water partition coefficient (Wildman–Crippen LogP) is 5.42. The standard InChI is InChI=1S/C15H12NS.C5H8O2.Ir/c1-10-5-6-13-12(8-10)11(2)9-14(16-13)15-4-3-7-17-15;1-4(6)3-5(2)7;/h3,5-9H,1-2H3;3,6H,1-2H3;/q-1;;/b;4-3-;. The Morgan fingerprint density at radius 2 is 1.96 bits per heavy atom. The third kappa shape index (κ3) is 6.20. The number of aliphatic hydroxyl groups is 1. The van der Waals surface area contributed by atoms with Gasteiger partial charge in [-0.15, -0.1) is 5.38 Å². The fraction of sp³-hybridized carbons (Fsp3) is 0.200. The molecule has 25 heavy (non-hydrogen) atoms. The van der Waals surface area contributed by atoms with Crippen molar-refractivity contribution < 1.29 is 30.0 Å². The van der Waals surface area contributed by atoms with Crippen molar-refractivity contribution in [3.05, 3.63) is 64.7 Å². The van der Waals surface area contributed by atoms with Crippen molar-refractivity contribution in [1.29, 1.82) is 0 Å². The molecule has 0 amide bonds. The summed E-state index contributed by atoms with van der Waals surface area (Å²) in [5, 5.41) is 11.6. The first-order valence-electron chi connectivity index (χ1n) is 7.58. The van der Waals surface area contributed by atoms with Crippen molar-refractivity contribution in [3.63, 3.8) is 0 Å². The molecule has 0 aliphatic rings. The van der Waals surface area contributed by atoms with Crippen LogP contribution in [0.1, 0.15) is 25.0 Å². The van der Waals surface area contributed by atoms with Gasteiger partial charge in [0.25, 0.3) is 0 Å². The number of fused-ring (bicyclic) bond motifs is 1. The van der Waals surface area contributed by atoms with Gasteiger partial charge in [-0.2, -0.15) is 12.1 Å². The maximum absolute atomic E-state index is 10.0. The number of aryl methyl sites for hydroxylation is 2. The number of allylic oxidation sites excluding steroid dienone is 2. The Morgan fingerprint density at radius 1 is 1.24 bits per heavy atom. The third-order valence-electron chi connectivity index (χ3n) is 3.28. The number of hydrogen-bond donors (Lipinski definition) is 1. The van der Waals surface area contributed by atoms with Crippen LogP contribution < -0.4 is 0 Å². The Labute approximate surface area is 165 Å². The molecule has 0 unspecified atom stereocenters. The summed E-state index contributed by atoms with van der Waals surface area (Å²) in [6, 6.07) is 13.7. The maximum Gasteiger partial charge on any atom is 0.155 e. The van der Waals surface area contributed by atoms with Gasteiger partial charge in [0.2, 0.25) is 0 Å². The molecule has 0 spiro atoms. The average molecular weight is 531 g/mol. The van der Waals surface area contributed by atoms with E-state index in [0.717, 1.165) is 16.1 Å². The first kappa shape index (κ1) is 21.2. The Bertz CT molecular complexity index is 882. The quantitative estimate of drug-likeness (QED) is 0.274. The maximum atomic E-state index is 10.0. The number of pyridine rings is 1. The second-order valence-electron chi connectivity index (χ2n) is 5.64. The van der Waals surface area contributed by atoms with Gasteiger partial charge in [-0.25, -0.2) is 11.3 Å². The minimum Gasteiger partial charge on any atom is -0.512 e. The summed E-state index contributed by atoms with van der Waals surface area (Å²) >= 11 is 1.68. The van der Waals surface area contributed by atoms with Gasteiger partial charge < -0.3 is 10.1 Å². The largest absolute Gasteiger partial charge is 0.512 e. The molecule has 1 N–H and O–H groups in total. The van der Waals surface area contributed by atoms with Gasteiger partial charge in [0.1, 0.15) is 0 Å². The smallest absolute Gasteiger partial charge is 0.155 e. The van der Waals surface area contributed by atoms with Crippen molar-refractivity contribution >= 4 is 28.0 Å². The molecule has 1 radical (unpaired) electrons. The first-order chi connectivity index (χ1) is 11.4. The fourth-order valence-corrected chi connectivity index (χ4v) is 2.93. The zero-order chi connectivity index (χ0) is 17.7. The number of aromatic nitrogens is 1. The van der Waals surface area contributed by atoms with E-state index >= 15 is 0 Å². The molecule has 0 aliphatic heterocycles. The summed E-state index contributed by atoms with van der Waals surface area (Å²) < 4.78 is 0. The molecule has 0 saturated heterocycles. The van der Waals surface area contributed by atoms with Crippen LogP contribution in [-0.2, 0) is 24.9 Å². The normalized spacial score (nSPS) is 10.6. The van der Waals surface area contributed by atoms with Crippen molar-refractivity contribution in [2.75, 3.05) is 0 Å². The van der Waals surface area contributed by atoms with Gasteiger partial charge in [0.05, 0.1) is 11.3 Å². The number of carbonyl (C=O) groups excluding carboxylic acids is 1. The van der Waals surface area contributed by atoms with Crippen molar-refractivity contribution in [2.45, 2.75) is 27.7 Å². The molecule has 133 valence electrons. The van der Waals surface area contributed by atoms with Crippen LogP contribution in [0.5, 0.6) is 0 Å². The Morgan fingerprint density at radius 3 is 2.48 bits per heavy atom. The van der Waals surface area contributed by atoms with Gasteiger partial charge in [-0.1, -0.05) is 28.1 Å².